The number of thiophene rings is 1. The molecule has 0 aliphatic rings. The molecule has 1 rings (SSSR count). The van der Waals surface area contributed by atoms with Crippen LogP contribution in [0.25, 0.3) is 0 Å². The number of halogens is 1. The molecule has 0 aliphatic heterocycles. The standard InChI is InChI=1S/C14H25BrN2O2S2/c1-6-16-9-11-7-12(13(15)20-11)21(18,19)17-8-10(2)14(3,4)5/h7,10,16-17H,6,8-9H2,1-5H3. The van der Waals surface area contributed by atoms with E-state index in [4.69, 9.17) is 0 Å². The van der Waals surface area contributed by atoms with E-state index in [0.717, 1.165) is 11.4 Å². The summed E-state index contributed by atoms with van der Waals surface area (Å²) in [6.07, 6.45) is 0. The first-order chi connectivity index (χ1) is 9.58. The van der Waals surface area contributed by atoms with Crippen LogP contribution < -0.4 is 10.0 Å². The number of hydrogen-bond donors (Lipinski definition) is 2. The zero-order valence-electron chi connectivity index (χ0n) is 13.3. The Morgan fingerprint density at radius 3 is 2.52 bits per heavy atom. The quantitative estimate of drug-likeness (QED) is 0.740. The topological polar surface area (TPSA) is 58.2 Å². The molecule has 2 N–H and O–H groups in total. The normalized spacial score (nSPS) is 14.4. The van der Waals surface area contributed by atoms with Gasteiger partial charge in [0.2, 0.25) is 10.0 Å². The summed E-state index contributed by atoms with van der Waals surface area (Å²) in [6.45, 7) is 12.4. The second-order valence-electron chi connectivity index (χ2n) is 6.25. The zero-order valence-corrected chi connectivity index (χ0v) is 16.5. The lowest BCUT2D eigenvalue weighted by atomic mass is 9.82. The number of sulfonamides is 1. The van der Waals surface area contributed by atoms with E-state index in [1.807, 2.05) is 6.92 Å². The molecule has 0 bridgehead atoms. The molecule has 0 aliphatic carbocycles. The summed E-state index contributed by atoms with van der Waals surface area (Å²) >= 11 is 4.82. The van der Waals surface area contributed by atoms with Crippen LogP contribution in [0, 0.1) is 11.3 Å². The van der Waals surface area contributed by atoms with Gasteiger partial charge in [-0.1, -0.05) is 34.6 Å². The van der Waals surface area contributed by atoms with Crippen LogP contribution in [0.4, 0.5) is 0 Å². The summed E-state index contributed by atoms with van der Waals surface area (Å²) in [6, 6.07) is 1.74. The van der Waals surface area contributed by atoms with Gasteiger partial charge in [0.25, 0.3) is 0 Å². The fourth-order valence-electron chi connectivity index (χ4n) is 1.53. The summed E-state index contributed by atoms with van der Waals surface area (Å²) in [5.41, 5.74) is 0.0740. The van der Waals surface area contributed by atoms with Gasteiger partial charge in [0.1, 0.15) is 4.90 Å². The fraction of sp³-hybridized carbons (Fsp3) is 0.714. The first-order valence-corrected chi connectivity index (χ1v) is 10.2. The smallest absolute Gasteiger partial charge is 0.242 e. The number of rotatable bonds is 7. The predicted octanol–water partition coefficient (Wildman–Crippen LogP) is 3.58. The van der Waals surface area contributed by atoms with Gasteiger partial charge in [-0.3, -0.25) is 0 Å². The van der Waals surface area contributed by atoms with E-state index in [9.17, 15) is 8.42 Å². The Kier molecular flexibility index (Phi) is 6.86. The van der Waals surface area contributed by atoms with Crippen LogP contribution >= 0.6 is 27.3 Å². The SMILES string of the molecule is CCNCc1cc(S(=O)(=O)NCC(C)C(C)(C)C)c(Br)s1. The van der Waals surface area contributed by atoms with Gasteiger partial charge in [-0.15, -0.1) is 11.3 Å². The molecule has 1 atom stereocenters. The summed E-state index contributed by atoms with van der Waals surface area (Å²) in [7, 11) is -3.46. The third-order valence-electron chi connectivity index (χ3n) is 3.60. The van der Waals surface area contributed by atoms with Crippen LogP contribution in [-0.2, 0) is 16.6 Å². The summed E-state index contributed by atoms with van der Waals surface area (Å²) in [4.78, 5) is 1.34. The van der Waals surface area contributed by atoms with Crippen LogP contribution in [0.2, 0.25) is 0 Å². The van der Waals surface area contributed by atoms with Gasteiger partial charge in [0, 0.05) is 18.0 Å². The van der Waals surface area contributed by atoms with Crippen molar-refractivity contribution in [3.05, 3.63) is 14.7 Å². The van der Waals surface area contributed by atoms with Gasteiger partial charge in [-0.05, 0) is 39.9 Å². The maximum absolute atomic E-state index is 12.4. The molecule has 21 heavy (non-hydrogen) atoms. The second-order valence-corrected chi connectivity index (χ2v) is 10.4. The van der Waals surface area contributed by atoms with E-state index >= 15 is 0 Å². The molecule has 1 aromatic rings. The van der Waals surface area contributed by atoms with Crippen molar-refractivity contribution in [1.29, 1.82) is 0 Å². The molecule has 0 saturated carbocycles. The largest absolute Gasteiger partial charge is 0.312 e. The average Bonchev–Trinajstić information content (AvgIpc) is 2.74. The van der Waals surface area contributed by atoms with Crippen LogP contribution in [0.1, 0.15) is 39.5 Å². The van der Waals surface area contributed by atoms with E-state index in [2.05, 4.69) is 53.7 Å². The first kappa shape index (κ1) is 19.1. The Labute approximate surface area is 140 Å². The van der Waals surface area contributed by atoms with Gasteiger partial charge in [0.05, 0.1) is 3.79 Å². The van der Waals surface area contributed by atoms with Crippen LogP contribution in [0.15, 0.2) is 14.7 Å². The molecule has 0 radical (unpaired) electrons. The van der Waals surface area contributed by atoms with Crippen molar-refractivity contribution >= 4 is 37.3 Å². The predicted molar refractivity (Wildman–Crippen MR) is 93.2 cm³/mol. The molecule has 0 saturated heterocycles. The third kappa shape index (κ3) is 5.63. The Hall–Kier alpha value is 0.0500. The highest BCUT2D eigenvalue weighted by Crippen LogP contribution is 2.32. The molecule has 7 heteroatoms. The Morgan fingerprint density at radius 1 is 1.38 bits per heavy atom. The van der Waals surface area contributed by atoms with Crippen molar-refractivity contribution in [1.82, 2.24) is 10.0 Å². The molecule has 0 aromatic carbocycles. The summed E-state index contributed by atoms with van der Waals surface area (Å²) in [5, 5.41) is 3.20. The molecular formula is C14H25BrN2O2S2. The summed E-state index contributed by atoms with van der Waals surface area (Å²) in [5.74, 6) is 0.255. The molecule has 122 valence electrons. The van der Waals surface area contributed by atoms with Crippen molar-refractivity contribution in [2.24, 2.45) is 11.3 Å². The van der Waals surface area contributed by atoms with Gasteiger partial charge in [-0.25, -0.2) is 13.1 Å². The van der Waals surface area contributed by atoms with E-state index in [1.54, 1.807) is 6.07 Å². The van der Waals surface area contributed by atoms with E-state index in [-0.39, 0.29) is 11.3 Å². The van der Waals surface area contributed by atoms with Gasteiger partial charge < -0.3 is 5.32 Å². The third-order valence-corrected chi connectivity index (χ3v) is 7.28. The van der Waals surface area contributed by atoms with Crippen molar-refractivity contribution < 1.29 is 8.42 Å². The molecule has 4 nitrogen and oxygen atoms in total. The van der Waals surface area contributed by atoms with Crippen molar-refractivity contribution in [2.45, 2.75) is 46.1 Å². The fourth-order valence-corrected chi connectivity index (χ4v) is 5.32. The van der Waals surface area contributed by atoms with Gasteiger partial charge in [-0.2, -0.15) is 0 Å². The van der Waals surface area contributed by atoms with E-state index < -0.39 is 10.0 Å². The molecule has 1 aromatic heterocycles. The molecule has 0 spiro atoms. The molecule has 1 unspecified atom stereocenters. The molecule has 0 fully saturated rings. The maximum Gasteiger partial charge on any atom is 0.242 e. The minimum atomic E-state index is -3.46. The average molecular weight is 397 g/mol. The van der Waals surface area contributed by atoms with Gasteiger partial charge in [0.15, 0.2) is 0 Å². The van der Waals surface area contributed by atoms with E-state index in [1.165, 1.54) is 11.3 Å². The molecular weight excluding hydrogens is 372 g/mol. The number of hydrogen-bond acceptors (Lipinski definition) is 4. The minimum Gasteiger partial charge on any atom is -0.312 e. The highest BCUT2D eigenvalue weighted by Gasteiger charge is 2.25. The van der Waals surface area contributed by atoms with Crippen LogP contribution in [0.3, 0.4) is 0 Å². The summed E-state index contributed by atoms with van der Waals surface area (Å²) < 4.78 is 28.2. The Morgan fingerprint density at radius 2 is 2.00 bits per heavy atom. The van der Waals surface area contributed by atoms with E-state index in [0.29, 0.717) is 21.8 Å². The van der Waals surface area contributed by atoms with Crippen LogP contribution in [-0.4, -0.2) is 21.5 Å². The van der Waals surface area contributed by atoms with Crippen molar-refractivity contribution in [2.75, 3.05) is 13.1 Å². The lowest BCUT2D eigenvalue weighted by molar-refractivity contribution is 0.263. The number of nitrogens with one attached hydrogen (secondary N) is 2. The zero-order chi connectivity index (χ0) is 16.3. The highest BCUT2D eigenvalue weighted by molar-refractivity contribution is 9.11. The maximum atomic E-state index is 12.4. The van der Waals surface area contributed by atoms with Crippen molar-refractivity contribution in [3.63, 3.8) is 0 Å². The minimum absolute atomic E-state index is 0.0740. The monoisotopic (exact) mass is 396 g/mol. The van der Waals surface area contributed by atoms with Crippen molar-refractivity contribution in [3.8, 4) is 0 Å². The Bertz CT molecular complexity index is 562. The van der Waals surface area contributed by atoms with Crippen LogP contribution in [0.5, 0.6) is 0 Å². The highest BCUT2D eigenvalue weighted by atomic mass is 79.9. The van der Waals surface area contributed by atoms with Gasteiger partial charge >= 0.3 is 0 Å². The lowest BCUT2D eigenvalue weighted by Gasteiger charge is -2.27. The Balaban J connectivity index is 2.81. The molecule has 0 amide bonds. The second kappa shape index (κ2) is 7.55. The molecule has 1 heterocycles. The first-order valence-electron chi connectivity index (χ1n) is 7.06. The lowest BCUT2D eigenvalue weighted by Crippen LogP contribution is -2.33.